The van der Waals surface area contributed by atoms with Gasteiger partial charge in [-0.05, 0) is 43.9 Å². The first-order valence-electron chi connectivity index (χ1n) is 6.17. The second-order valence-electron chi connectivity index (χ2n) is 4.59. The summed E-state index contributed by atoms with van der Waals surface area (Å²) in [4.78, 5) is 5.67. The molecule has 1 unspecified atom stereocenters. The first kappa shape index (κ1) is 12.6. The van der Waals surface area contributed by atoms with Gasteiger partial charge in [0, 0.05) is 28.2 Å². The van der Waals surface area contributed by atoms with Gasteiger partial charge in [-0.1, -0.05) is 22.9 Å². The first-order valence-corrected chi connectivity index (χ1v) is 8.11. The van der Waals surface area contributed by atoms with Crippen molar-refractivity contribution in [2.24, 2.45) is 5.92 Å². The normalized spacial score (nSPS) is 21.8. The van der Waals surface area contributed by atoms with Crippen LogP contribution in [0.1, 0.15) is 29.5 Å². The third-order valence-corrected chi connectivity index (χ3v) is 5.00. The third kappa shape index (κ3) is 3.31. The summed E-state index contributed by atoms with van der Waals surface area (Å²) in [6.45, 7) is 5.99. The van der Waals surface area contributed by atoms with E-state index in [1.807, 2.05) is 11.3 Å². The molecule has 1 aromatic rings. The maximum atomic E-state index is 3.54. The minimum atomic E-state index is 0.921. The molecule has 0 radical (unpaired) electrons. The number of rotatable bonds is 5. The zero-order valence-electron chi connectivity index (χ0n) is 9.92. The third-order valence-electron chi connectivity index (χ3n) is 3.33. The van der Waals surface area contributed by atoms with Crippen LogP contribution in [0.5, 0.6) is 0 Å². The molecule has 1 aromatic heterocycles. The largest absolute Gasteiger partial charge is 0.298 e. The molecule has 1 nitrogen and oxygen atoms in total. The van der Waals surface area contributed by atoms with E-state index in [9.17, 15) is 0 Å². The van der Waals surface area contributed by atoms with E-state index in [-0.39, 0.29) is 0 Å². The SMILES string of the molecule is CCc1ccc(CN2CCC(CCBr)C2)s1. The quantitative estimate of drug-likeness (QED) is 0.745. The molecular formula is C13H20BrNS. The summed E-state index contributed by atoms with van der Waals surface area (Å²) in [7, 11) is 0. The van der Waals surface area contributed by atoms with Gasteiger partial charge in [0.15, 0.2) is 0 Å². The molecule has 1 aliphatic heterocycles. The van der Waals surface area contributed by atoms with Crippen LogP contribution in [0.4, 0.5) is 0 Å². The van der Waals surface area contributed by atoms with Gasteiger partial charge < -0.3 is 0 Å². The summed E-state index contributed by atoms with van der Waals surface area (Å²) in [5.41, 5.74) is 0. The van der Waals surface area contributed by atoms with E-state index in [2.05, 4.69) is 39.9 Å². The monoisotopic (exact) mass is 301 g/mol. The van der Waals surface area contributed by atoms with Gasteiger partial charge in [-0.3, -0.25) is 4.90 Å². The van der Waals surface area contributed by atoms with Crippen molar-refractivity contribution in [2.75, 3.05) is 18.4 Å². The lowest BCUT2D eigenvalue weighted by Crippen LogP contribution is -2.19. The van der Waals surface area contributed by atoms with Crippen molar-refractivity contribution in [3.05, 3.63) is 21.9 Å². The van der Waals surface area contributed by atoms with Crippen LogP contribution < -0.4 is 0 Å². The van der Waals surface area contributed by atoms with Crippen LogP contribution in [0, 0.1) is 5.92 Å². The smallest absolute Gasteiger partial charge is 0.0328 e. The van der Waals surface area contributed by atoms with Crippen LogP contribution in [-0.2, 0) is 13.0 Å². The van der Waals surface area contributed by atoms with Crippen molar-refractivity contribution in [1.82, 2.24) is 4.90 Å². The average Bonchev–Trinajstić information content (AvgIpc) is 2.89. The van der Waals surface area contributed by atoms with Crippen LogP contribution >= 0.6 is 27.3 Å². The maximum absolute atomic E-state index is 3.54. The van der Waals surface area contributed by atoms with Gasteiger partial charge in [0.05, 0.1) is 0 Å². The molecule has 0 amide bonds. The van der Waals surface area contributed by atoms with Crippen molar-refractivity contribution in [2.45, 2.75) is 32.7 Å². The second-order valence-corrected chi connectivity index (χ2v) is 6.63. The lowest BCUT2D eigenvalue weighted by atomic mass is 10.1. The topological polar surface area (TPSA) is 3.24 Å². The zero-order valence-corrected chi connectivity index (χ0v) is 12.3. The molecule has 3 heteroatoms. The molecule has 1 atom stereocenters. The van der Waals surface area contributed by atoms with Crippen LogP contribution in [-0.4, -0.2) is 23.3 Å². The number of thiophene rings is 1. The summed E-state index contributed by atoms with van der Waals surface area (Å²) >= 11 is 5.53. The van der Waals surface area contributed by atoms with Gasteiger partial charge in [-0.25, -0.2) is 0 Å². The lowest BCUT2D eigenvalue weighted by Gasteiger charge is -2.14. The standard InChI is InChI=1S/C13H20BrNS/c1-2-12-3-4-13(16-12)10-15-8-6-11(9-15)5-7-14/h3-4,11H,2,5-10H2,1H3. The Balaban J connectivity index is 1.82. The molecule has 1 aliphatic rings. The number of halogens is 1. The lowest BCUT2D eigenvalue weighted by molar-refractivity contribution is 0.318. The fraction of sp³-hybridized carbons (Fsp3) is 0.692. The minimum absolute atomic E-state index is 0.921. The van der Waals surface area contributed by atoms with Gasteiger partial charge in [0.25, 0.3) is 0 Å². The van der Waals surface area contributed by atoms with Crippen LogP contribution in [0.2, 0.25) is 0 Å². The highest BCUT2D eigenvalue weighted by Gasteiger charge is 2.21. The van der Waals surface area contributed by atoms with E-state index in [0.29, 0.717) is 0 Å². The Morgan fingerprint density at radius 1 is 1.44 bits per heavy atom. The first-order chi connectivity index (χ1) is 7.81. The fourth-order valence-electron chi connectivity index (χ4n) is 2.36. The number of nitrogens with zero attached hydrogens (tertiary/aromatic N) is 1. The zero-order chi connectivity index (χ0) is 11.4. The van der Waals surface area contributed by atoms with Crippen molar-refractivity contribution in [3.8, 4) is 0 Å². The summed E-state index contributed by atoms with van der Waals surface area (Å²) in [5, 5.41) is 1.16. The number of aryl methyl sites for hydroxylation is 1. The summed E-state index contributed by atoms with van der Waals surface area (Å²) in [5.74, 6) is 0.921. The highest BCUT2D eigenvalue weighted by atomic mass is 79.9. The van der Waals surface area contributed by atoms with Crippen LogP contribution in [0.25, 0.3) is 0 Å². The van der Waals surface area contributed by atoms with E-state index >= 15 is 0 Å². The van der Waals surface area contributed by atoms with Crippen molar-refractivity contribution < 1.29 is 0 Å². The molecule has 1 saturated heterocycles. The Labute approximate surface area is 111 Å². The number of hydrogen-bond donors (Lipinski definition) is 0. The molecule has 0 aromatic carbocycles. The number of likely N-dealkylation sites (tertiary alicyclic amines) is 1. The van der Waals surface area contributed by atoms with Gasteiger partial charge in [0.2, 0.25) is 0 Å². The van der Waals surface area contributed by atoms with Gasteiger partial charge >= 0.3 is 0 Å². The van der Waals surface area contributed by atoms with E-state index in [0.717, 1.165) is 11.2 Å². The number of hydrogen-bond acceptors (Lipinski definition) is 2. The Morgan fingerprint density at radius 2 is 2.25 bits per heavy atom. The summed E-state index contributed by atoms with van der Waals surface area (Å²) in [6, 6.07) is 4.59. The highest BCUT2D eigenvalue weighted by molar-refractivity contribution is 9.09. The predicted molar refractivity (Wildman–Crippen MR) is 75.5 cm³/mol. The molecular weight excluding hydrogens is 282 g/mol. The van der Waals surface area contributed by atoms with Crippen LogP contribution in [0.15, 0.2) is 12.1 Å². The molecule has 2 heterocycles. The fourth-order valence-corrected chi connectivity index (χ4v) is 4.01. The maximum Gasteiger partial charge on any atom is 0.0328 e. The Kier molecular flexibility index (Phi) is 4.86. The summed E-state index contributed by atoms with van der Waals surface area (Å²) < 4.78 is 0. The van der Waals surface area contributed by atoms with E-state index < -0.39 is 0 Å². The molecule has 90 valence electrons. The Bertz CT molecular complexity index is 323. The van der Waals surface area contributed by atoms with Crippen molar-refractivity contribution in [3.63, 3.8) is 0 Å². The Hall–Kier alpha value is 0.140. The van der Waals surface area contributed by atoms with Crippen molar-refractivity contribution >= 4 is 27.3 Å². The van der Waals surface area contributed by atoms with E-state index in [1.54, 1.807) is 0 Å². The highest BCUT2D eigenvalue weighted by Crippen LogP contribution is 2.24. The van der Waals surface area contributed by atoms with Crippen molar-refractivity contribution in [1.29, 1.82) is 0 Å². The molecule has 0 saturated carbocycles. The summed E-state index contributed by atoms with van der Waals surface area (Å²) in [6.07, 6.45) is 3.90. The van der Waals surface area contributed by atoms with Gasteiger partial charge in [0.1, 0.15) is 0 Å². The molecule has 0 spiro atoms. The molecule has 16 heavy (non-hydrogen) atoms. The molecule has 0 N–H and O–H groups in total. The number of alkyl halides is 1. The Morgan fingerprint density at radius 3 is 2.94 bits per heavy atom. The average molecular weight is 302 g/mol. The predicted octanol–water partition coefficient (Wildman–Crippen LogP) is 3.92. The van der Waals surface area contributed by atoms with Gasteiger partial charge in [-0.15, -0.1) is 11.3 Å². The van der Waals surface area contributed by atoms with E-state index in [4.69, 9.17) is 0 Å². The van der Waals surface area contributed by atoms with E-state index in [1.165, 1.54) is 48.7 Å². The molecule has 0 bridgehead atoms. The molecule has 2 rings (SSSR count). The molecule has 0 aliphatic carbocycles. The second kappa shape index (κ2) is 6.18. The molecule has 1 fully saturated rings. The minimum Gasteiger partial charge on any atom is -0.298 e. The van der Waals surface area contributed by atoms with Gasteiger partial charge in [-0.2, -0.15) is 0 Å². The van der Waals surface area contributed by atoms with Crippen LogP contribution in [0.3, 0.4) is 0 Å².